The molecule has 0 N–H and O–H groups in total. The second-order valence-corrected chi connectivity index (χ2v) is 7.65. The fourth-order valence-corrected chi connectivity index (χ4v) is 3.35. The van der Waals surface area contributed by atoms with E-state index in [-0.39, 0.29) is 6.10 Å². The van der Waals surface area contributed by atoms with Crippen molar-refractivity contribution in [2.45, 2.75) is 91.1 Å². The molecule has 0 radical (unpaired) electrons. The summed E-state index contributed by atoms with van der Waals surface area (Å²) in [7, 11) is 0. The normalized spacial score (nSPS) is 12.1. The van der Waals surface area contributed by atoms with Crippen LogP contribution in [0.25, 0.3) is 11.1 Å². The minimum Gasteiger partial charge on any atom is -0.491 e. The highest BCUT2D eigenvalue weighted by molar-refractivity contribution is 5.63. The molecule has 27 heavy (non-hydrogen) atoms. The molecular formula is C25H37NO. The van der Waals surface area contributed by atoms with E-state index >= 15 is 0 Å². The van der Waals surface area contributed by atoms with E-state index in [1.807, 2.05) is 6.20 Å². The molecule has 0 fully saturated rings. The summed E-state index contributed by atoms with van der Waals surface area (Å²) in [4.78, 5) is 4.64. The number of ether oxygens (including phenoxy) is 1. The average Bonchev–Trinajstić information content (AvgIpc) is 2.70. The van der Waals surface area contributed by atoms with Gasteiger partial charge in [-0.2, -0.15) is 0 Å². The minimum atomic E-state index is 0.279. The lowest BCUT2D eigenvalue weighted by Gasteiger charge is -2.15. The Morgan fingerprint density at radius 1 is 0.778 bits per heavy atom. The zero-order valence-corrected chi connectivity index (χ0v) is 17.5. The number of aromatic nitrogens is 1. The lowest BCUT2D eigenvalue weighted by molar-refractivity contribution is 0.206. The van der Waals surface area contributed by atoms with Crippen molar-refractivity contribution in [2.24, 2.45) is 0 Å². The molecule has 0 bridgehead atoms. The van der Waals surface area contributed by atoms with E-state index < -0.39 is 0 Å². The van der Waals surface area contributed by atoms with Crippen molar-refractivity contribution in [3.63, 3.8) is 0 Å². The van der Waals surface area contributed by atoms with E-state index in [0.29, 0.717) is 0 Å². The predicted molar refractivity (Wildman–Crippen MR) is 116 cm³/mol. The van der Waals surface area contributed by atoms with Crippen LogP contribution in [0.3, 0.4) is 0 Å². The molecule has 1 aromatic carbocycles. The van der Waals surface area contributed by atoms with Crippen molar-refractivity contribution in [3.8, 4) is 16.9 Å². The standard InChI is InChI=1S/C25H37NO/c1-4-6-8-10-12-21(3)27-25-18-15-22(16-19-25)23-14-17-24(26-20-23)13-11-9-7-5-2/h14-21H,4-13H2,1-3H3/t21-/m0/s1. The topological polar surface area (TPSA) is 22.1 Å². The van der Waals surface area contributed by atoms with Crippen LogP contribution >= 0.6 is 0 Å². The number of aryl methyl sites for hydroxylation is 1. The van der Waals surface area contributed by atoms with Crippen LogP contribution in [0.1, 0.15) is 84.3 Å². The first-order chi connectivity index (χ1) is 13.2. The lowest BCUT2D eigenvalue weighted by Crippen LogP contribution is -2.11. The van der Waals surface area contributed by atoms with Gasteiger partial charge in [-0.1, -0.05) is 70.6 Å². The van der Waals surface area contributed by atoms with Gasteiger partial charge in [-0.05, 0) is 56.4 Å². The Hall–Kier alpha value is -1.83. The van der Waals surface area contributed by atoms with Crippen molar-refractivity contribution in [3.05, 3.63) is 48.3 Å². The summed E-state index contributed by atoms with van der Waals surface area (Å²) in [5, 5.41) is 0. The Bertz CT molecular complexity index is 618. The molecular weight excluding hydrogens is 330 g/mol. The summed E-state index contributed by atoms with van der Waals surface area (Å²) < 4.78 is 6.05. The first-order valence-corrected chi connectivity index (χ1v) is 10.9. The molecule has 1 aromatic heterocycles. The smallest absolute Gasteiger partial charge is 0.119 e. The van der Waals surface area contributed by atoms with Crippen molar-refractivity contribution < 1.29 is 4.74 Å². The molecule has 1 atom stereocenters. The van der Waals surface area contributed by atoms with Crippen LogP contribution in [-0.4, -0.2) is 11.1 Å². The molecule has 0 amide bonds. The van der Waals surface area contributed by atoms with Gasteiger partial charge in [0.25, 0.3) is 0 Å². The molecule has 2 nitrogen and oxygen atoms in total. The first kappa shape index (κ1) is 21.5. The van der Waals surface area contributed by atoms with Crippen LogP contribution in [0.4, 0.5) is 0 Å². The zero-order chi connectivity index (χ0) is 19.3. The second kappa shape index (κ2) is 12.5. The van der Waals surface area contributed by atoms with Crippen molar-refractivity contribution in [1.29, 1.82) is 0 Å². The third-order valence-electron chi connectivity index (χ3n) is 5.10. The maximum Gasteiger partial charge on any atom is 0.119 e. The number of unbranched alkanes of at least 4 members (excludes halogenated alkanes) is 6. The van der Waals surface area contributed by atoms with Gasteiger partial charge in [-0.15, -0.1) is 0 Å². The molecule has 0 unspecified atom stereocenters. The number of pyridine rings is 1. The first-order valence-electron chi connectivity index (χ1n) is 10.9. The number of hydrogen-bond donors (Lipinski definition) is 0. The molecule has 2 heteroatoms. The predicted octanol–water partition coefficient (Wildman–Crippen LogP) is 7.61. The fraction of sp³-hybridized carbons (Fsp3) is 0.560. The van der Waals surface area contributed by atoms with Crippen molar-refractivity contribution in [1.82, 2.24) is 4.98 Å². The van der Waals surface area contributed by atoms with E-state index in [4.69, 9.17) is 4.74 Å². The molecule has 2 aromatic rings. The van der Waals surface area contributed by atoms with E-state index in [1.54, 1.807) is 0 Å². The SMILES string of the molecule is CCCCCCc1ccc(-c2ccc(O[C@@H](C)CCCCCC)cc2)cn1. The summed E-state index contributed by atoms with van der Waals surface area (Å²) in [6.07, 6.45) is 14.8. The molecule has 0 aliphatic carbocycles. The summed E-state index contributed by atoms with van der Waals surface area (Å²) in [5.74, 6) is 0.960. The molecule has 0 aliphatic rings. The summed E-state index contributed by atoms with van der Waals surface area (Å²) in [6, 6.07) is 12.8. The highest BCUT2D eigenvalue weighted by atomic mass is 16.5. The van der Waals surface area contributed by atoms with Crippen LogP contribution in [0.5, 0.6) is 5.75 Å². The Kier molecular flexibility index (Phi) is 9.97. The number of benzene rings is 1. The van der Waals surface area contributed by atoms with Crippen LogP contribution in [0.2, 0.25) is 0 Å². The van der Waals surface area contributed by atoms with Gasteiger partial charge in [0.2, 0.25) is 0 Å². The van der Waals surface area contributed by atoms with Crippen LogP contribution in [0, 0.1) is 0 Å². The minimum absolute atomic E-state index is 0.279. The Labute approximate surface area is 166 Å². The second-order valence-electron chi connectivity index (χ2n) is 7.65. The zero-order valence-electron chi connectivity index (χ0n) is 17.5. The van der Waals surface area contributed by atoms with Crippen molar-refractivity contribution >= 4 is 0 Å². The highest BCUT2D eigenvalue weighted by Crippen LogP contribution is 2.23. The quantitative estimate of drug-likeness (QED) is 0.340. The van der Waals surface area contributed by atoms with Gasteiger partial charge in [0.05, 0.1) is 6.10 Å². The fourth-order valence-electron chi connectivity index (χ4n) is 3.35. The third kappa shape index (κ3) is 8.15. The Balaban J connectivity index is 1.82. The molecule has 1 heterocycles. The number of hydrogen-bond acceptors (Lipinski definition) is 2. The monoisotopic (exact) mass is 367 g/mol. The maximum atomic E-state index is 6.05. The maximum absolute atomic E-state index is 6.05. The highest BCUT2D eigenvalue weighted by Gasteiger charge is 2.05. The van der Waals surface area contributed by atoms with Crippen molar-refractivity contribution in [2.75, 3.05) is 0 Å². The molecule has 0 saturated carbocycles. The largest absolute Gasteiger partial charge is 0.491 e. The van der Waals surface area contributed by atoms with E-state index in [0.717, 1.165) is 18.6 Å². The van der Waals surface area contributed by atoms with E-state index in [9.17, 15) is 0 Å². The van der Waals surface area contributed by atoms with Gasteiger partial charge in [-0.25, -0.2) is 0 Å². The third-order valence-corrected chi connectivity index (χ3v) is 5.10. The molecule has 0 aliphatic heterocycles. The summed E-state index contributed by atoms with van der Waals surface area (Å²) in [6.45, 7) is 6.67. The molecule has 0 spiro atoms. The van der Waals surface area contributed by atoms with E-state index in [1.165, 1.54) is 68.2 Å². The van der Waals surface area contributed by atoms with Gasteiger partial charge >= 0.3 is 0 Å². The number of nitrogens with zero attached hydrogens (tertiary/aromatic N) is 1. The Morgan fingerprint density at radius 2 is 1.44 bits per heavy atom. The van der Waals surface area contributed by atoms with Crippen LogP contribution < -0.4 is 4.74 Å². The summed E-state index contributed by atoms with van der Waals surface area (Å²) in [5.41, 5.74) is 3.57. The van der Waals surface area contributed by atoms with E-state index in [2.05, 4.69) is 62.2 Å². The number of rotatable bonds is 13. The van der Waals surface area contributed by atoms with Gasteiger partial charge in [0.1, 0.15) is 5.75 Å². The Morgan fingerprint density at radius 3 is 2.07 bits per heavy atom. The van der Waals surface area contributed by atoms with Gasteiger partial charge < -0.3 is 4.74 Å². The van der Waals surface area contributed by atoms with Gasteiger partial charge in [-0.3, -0.25) is 4.98 Å². The molecule has 148 valence electrons. The summed E-state index contributed by atoms with van der Waals surface area (Å²) >= 11 is 0. The van der Waals surface area contributed by atoms with Gasteiger partial charge in [0.15, 0.2) is 0 Å². The molecule has 2 rings (SSSR count). The average molecular weight is 368 g/mol. The molecule has 0 saturated heterocycles. The van der Waals surface area contributed by atoms with Crippen LogP contribution in [-0.2, 0) is 6.42 Å². The van der Waals surface area contributed by atoms with Crippen LogP contribution in [0.15, 0.2) is 42.6 Å². The van der Waals surface area contributed by atoms with Gasteiger partial charge in [0, 0.05) is 17.5 Å². The lowest BCUT2D eigenvalue weighted by atomic mass is 10.1.